The fourth-order valence-electron chi connectivity index (χ4n) is 1.85. The molecule has 0 spiro atoms. The Morgan fingerprint density at radius 2 is 2.22 bits per heavy atom. The Morgan fingerprint density at radius 3 is 2.83 bits per heavy atom. The van der Waals surface area contributed by atoms with Crippen molar-refractivity contribution in [3.63, 3.8) is 0 Å². The molecule has 0 aliphatic heterocycles. The fraction of sp³-hybridized carbons (Fsp3) is 0.643. The summed E-state index contributed by atoms with van der Waals surface area (Å²) in [5.74, 6) is -0.906. The lowest BCUT2D eigenvalue weighted by Crippen LogP contribution is -2.28. The van der Waals surface area contributed by atoms with Gasteiger partial charge in [-0.05, 0) is 37.6 Å². The van der Waals surface area contributed by atoms with E-state index in [0.29, 0.717) is 6.04 Å². The molecular weight excluding hydrogens is 246 g/mol. The Bertz CT molecular complexity index is 338. The number of carbonyl (C=O) groups is 1. The van der Waals surface area contributed by atoms with Crippen molar-refractivity contribution < 1.29 is 9.90 Å². The van der Waals surface area contributed by atoms with Crippen LogP contribution in [0, 0.1) is 5.92 Å². The molecule has 0 saturated heterocycles. The molecule has 1 rings (SSSR count). The Balaban J connectivity index is 2.03. The predicted octanol–water partition coefficient (Wildman–Crippen LogP) is 3.16. The average molecular weight is 269 g/mol. The van der Waals surface area contributed by atoms with Gasteiger partial charge in [0.15, 0.2) is 0 Å². The summed E-state index contributed by atoms with van der Waals surface area (Å²) in [5.41, 5.74) is 0. The second-order valence-electron chi connectivity index (χ2n) is 4.85. The van der Waals surface area contributed by atoms with Crippen molar-refractivity contribution in [2.45, 2.75) is 45.6 Å². The van der Waals surface area contributed by atoms with Crippen molar-refractivity contribution in [2.24, 2.45) is 5.92 Å². The van der Waals surface area contributed by atoms with Crippen LogP contribution in [0.2, 0.25) is 0 Å². The summed E-state index contributed by atoms with van der Waals surface area (Å²) < 4.78 is 0. The molecule has 0 aliphatic carbocycles. The van der Waals surface area contributed by atoms with Gasteiger partial charge in [0.2, 0.25) is 0 Å². The van der Waals surface area contributed by atoms with Crippen LogP contribution in [0.15, 0.2) is 17.5 Å². The lowest BCUT2D eigenvalue weighted by Gasteiger charge is -2.14. The molecule has 2 atom stereocenters. The monoisotopic (exact) mass is 269 g/mol. The Labute approximate surface area is 113 Å². The molecule has 0 aromatic carbocycles. The zero-order valence-electron chi connectivity index (χ0n) is 11.2. The van der Waals surface area contributed by atoms with Crippen LogP contribution in [0.1, 0.15) is 38.0 Å². The number of hydrogen-bond donors (Lipinski definition) is 2. The molecule has 1 aromatic rings. The van der Waals surface area contributed by atoms with Gasteiger partial charge in [-0.15, -0.1) is 11.3 Å². The third-order valence-electron chi connectivity index (χ3n) is 3.14. The van der Waals surface area contributed by atoms with Gasteiger partial charge in [-0.1, -0.05) is 19.4 Å². The van der Waals surface area contributed by atoms with E-state index in [1.54, 1.807) is 18.3 Å². The standard InChI is InChI=1S/C14H23NO2S/c1-11(14(16)17)5-3-6-12(2)15-9-8-13-7-4-10-18-13/h4,7,10-12,15H,3,5-6,8-9H2,1-2H3,(H,16,17). The highest BCUT2D eigenvalue weighted by Gasteiger charge is 2.10. The van der Waals surface area contributed by atoms with Gasteiger partial charge < -0.3 is 10.4 Å². The van der Waals surface area contributed by atoms with Crippen LogP contribution in [-0.4, -0.2) is 23.7 Å². The highest BCUT2D eigenvalue weighted by Crippen LogP contribution is 2.10. The third-order valence-corrected chi connectivity index (χ3v) is 4.08. The molecule has 4 heteroatoms. The van der Waals surface area contributed by atoms with E-state index in [4.69, 9.17) is 5.11 Å². The number of hydrogen-bond acceptors (Lipinski definition) is 3. The van der Waals surface area contributed by atoms with Crippen LogP contribution < -0.4 is 5.32 Å². The predicted molar refractivity (Wildman–Crippen MR) is 76.1 cm³/mol. The summed E-state index contributed by atoms with van der Waals surface area (Å²) >= 11 is 1.79. The highest BCUT2D eigenvalue weighted by atomic mass is 32.1. The molecule has 102 valence electrons. The summed E-state index contributed by atoms with van der Waals surface area (Å²) in [5, 5.41) is 14.4. The molecule has 3 nitrogen and oxygen atoms in total. The molecular formula is C14H23NO2S. The van der Waals surface area contributed by atoms with Crippen molar-refractivity contribution in [3.8, 4) is 0 Å². The van der Waals surface area contributed by atoms with Gasteiger partial charge in [0.25, 0.3) is 0 Å². The molecule has 2 N–H and O–H groups in total. The number of carboxylic acid groups (broad SMARTS) is 1. The maximum Gasteiger partial charge on any atom is 0.306 e. The first-order chi connectivity index (χ1) is 8.59. The zero-order chi connectivity index (χ0) is 13.4. The van der Waals surface area contributed by atoms with Crippen LogP contribution in [0.3, 0.4) is 0 Å². The minimum Gasteiger partial charge on any atom is -0.481 e. The average Bonchev–Trinajstić information content (AvgIpc) is 2.81. The van der Waals surface area contributed by atoms with Gasteiger partial charge in [0, 0.05) is 17.5 Å². The van der Waals surface area contributed by atoms with Crippen molar-refractivity contribution in [1.82, 2.24) is 5.32 Å². The van der Waals surface area contributed by atoms with Crippen molar-refractivity contribution in [2.75, 3.05) is 6.54 Å². The van der Waals surface area contributed by atoms with Gasteiger partial charge >= 0.3 is 5.97 Å². The largest absolute Gasteiger partial charge is 0.481 e. The number of nitrogens with one attached hydrogen (secondary N) is 1. The second-order valence-corrected chi connectivity index (χ2v) is 5.89. The molecule has 0 saturated carbocycles. The number of rotatable bonds is 9. The molecule has 0 aliphatic rings. The van der Waals surface area contributed by atoms with Crippen LogP contribution in [0.25, 0.3) is 0 Å². The summed E-state index contributed by atoms with van der Waals surface area (Å²) in [4.78, 5) is 12.1. The number of aliphatic carboxylic acids is 1. The van der Waals surface area contributed by atoms with Crippen LogP contribution >= 0.6 is 11.3 Å². The smallest absolute Gasteiger partial charge is 0.306 e. The zero-order valence-corrected chi connectivity index (χ0v) is 12.0. The van der Waals surface area contributed by atoms with Gasteiger partial charge in [-0.25, -0.2) is 0 Å². The van der Waals surface area contributed by atoms with Crippen molar-refractivity contribution in [1.29, 1.82) is 0 Å². The quantitative estimate of drug-likeness (QED) is 0.724. The summed E-state index contributed by atoms with van der Waals surface area (Å²) in [6.45, 7) is 4.94. The molecule has 18 heavy (non-hydrogen) atoms. The Kier molecular flexibility index (Phi) is 6.98. The van der Waals surface area contributed by atoms with Gasteiger partial charge in [-0.2, -0.15) is 0 Å². The third kappa shape index (κ3) is 6.17. The van der Waals surface area contributed by atoms with Crippen molar-refractivity contribution in [3.05, 3.63) is 22.4 Å². The second kappa shape index (κ2) is 8.27. The topological polar surface area (TPSA) is 49.3 Å². The first-order valence-electron chi connectivity index (χ1n) is 6.58. The molecule has 0 radical (unpaired) electrons. The van der Waals surface area contributed by atoms with Gasteiger partial charge in [0.1, 0.15) is 0 Å². The van der Waals surface area contributed by atoms with E-state index >= 15 is 0 Å². The van der Waals surface area contributed by atoms with E-state index in [1.165, 1.54) is 4.88 Å². The van der Waals surface area contributed by atoms with Crippen molar-refractivity contribution >= 4 is 17.3 Å². The van der Waals surface area contributed by atoms with E-state index in [-0.39, 0.29) is 5.92 Å². The number of carboxylic acids is 1. The molecule has 1 heterocycles. The van der Waals surface area contributed by atoms with Gasteiger partial charge in [0.05, 0.1) is 5.92 Å². The van der Waals surface area contributed by atoms with Gasteiger partial charge in [-0.3, -0.25) is 4.79 Å². The van der Waals surface area contributed by atoms with E-state index in [0.717, 1.165) is 32.2 Å². The molecule has 2 unspecified atom stereocenters. The lowest BCUT2D eigenvalue weighted by molar-refractivity contribution is -0.141. The van der Waals surface area contributed by atoms with Crippen LogP contribution in [0.5, 0.6) is 0 Å². The molecule has 0 amide bonds. The van der Waals surface area contributed by atoms with E-state index in [1.807, 2.05) is 0 Å². The van der Waals surface area contributed by atoms with E-state index in [9.17, 15) is 4.79 Å². The molecule has 0 fully saturated rings. The number of thiophene rings is 1. The summed E-state index contributed by atoms with van der Waals surface area (Å²) in [7, 11) is 0. The van der Waals surface area contributed by atoms with E-state index < -0.39 is 5.97 Å². The van der Waals surface area contributed by atoms with E-state index in [2.05, 4.69) is 29.8 Å². The lowest BCUT2D eigenvalue weighted by atomic mass is 10.0. The maximum atomic E-state index is 10.7. The minimum absolute atomic E-state index is 0.219. The normalized spacial score (nSPS) is 14.3. The fourth-order valence-corrected chi connectivity index (χ4v) is 2.56. The summed E-state index contributed by atoms with van der Waals surface area (Å²) in [6, 6.07) is 4.70. The minimum atomic E-state index is -0.687. The first kappa shape index (κ1) is 15.2. The maximum absolute atomic E-state index is 10.7. The SMILES string of the molecule is CC(CCCC(C)C(=O)O)NCCc1cccs1. The Morgan fingerprint density at radius 1 is 1.44 bits per heavy atom. The summed E-state index contributed by atoms with van der Waals surface area (Å²) in [6.07, 6.45) is 3.86. The molecule has 0 bridgehead atoms. The molecule has 1 aromatic heterocycles. The van der Waals surface area contributed by atoms with Crippen LogP contribution in [0.4, 0.5) is 0 Å². The highest BCUT2D eigenvalue weighted by molar-refractivity contribution is 7.09. The van der Waals surface area contributed by atoms with Crippen LogP contribution in [-0.2, 0) is 11.2 Å². The Hall–Kier alpha value is -0.870. The first-order valence-corrected chi connectivity index (χ1v) is 7.46.